The first-order chi connectivity index (χ1) is 8.02. The van der Waals surface area contributed by atoms with Crippen LogP contribution in [0.2, 0.25) is 0 Å². The third-order valence-electron chi connectivity index (χ3n) is 5.74. The van der Waals surface area contributed by atoms with E-state index in [1.807, 2.05) is 0 Å². The Kier molecular flexibility index (Phi) is 2.77. The molecular formula is C15H26FN. The lowest BCUT2D eigenvalue weighted by atomic mass is 9.75. The van der Waals surface area contributed by atoms with Crippen LogP contribution in [0.15, 0.2) is 0 Å². The van der Waals surface area contributed by atoms with Crippen molar-refractivity contribution in [2.75, 3.05) is 6.54 Å². The number of halogens is 1. The number of rotatable bonds is 2. The lowest BCUT2D eigenvalue weighted by molar-refractivity contribution is 0.104. The van der Waals surface area contributed by atoms with E-state index in [2.05, 4.69) is 32.6 Å². The molecule has 6 unspecified atom stereocenters. The summed E-state index contributed by atoms with van der Waals surface area (Å²) in [5, 5.41) is 0. The van der Waals surface area contributed by atoms with E-state index in [9.17, 15) is 4.39 Å². The largest absolute Gasteiger partial charge is 0.297 e. The van der Waals surface area contributed by atoms with E-state index < -0.39 is 6.17 Å². The molecule has 0 amide bonds. The molecule has 6 atom stereocenters. The highest BCUT2D eigenvalue weighted by molar-refractivity contribution is 5.11. The number of hydrogen-bond donors (Lipinski definition) is 0. The topological polar surface area (TPSA) is 3.24 Å². The summed E-state index contributed by atoms with van der Waals surface area (Å²) in [6.45, 7) is 10.4. The van der Waals surface area contributed by atoms with Crippen molar-refractivity contribution in [3.63, 3.8) is 0 Å². The predicted molar refractivity (Wildman–Crippen MR) is 68.6 cm³/mol. The van der Waals surface area contributed by atoms with E-state index in [0.717, 1.165) is 19.4 Å². The molecule has 17 heavy (non-hydrogen) atoms. The van der Waals surface area contributed by atoms with Crippen molar-refractivity contribution >= 4 is 0 Å². The molecule has 1 heterocycles. The molecule has 2 saturated carbocycles. The number of fused-ring (bicyclic) bond motifs is 5. The van der Waals surface area contributed by atoms with Gasteiger partial charge in [-0.2, -0.15) is 0 Å². The van der Waals surface area contributed by atoms with Gasteiger partial charge in [-0.25, -0.2) is 4.39 Å². The van der Waals surface area contributed by atoms with Gasteiger partial charge in [0.05, 0.1) is 0 Å². The first kappa shape index (κ1) is 12.0. The average Bonchev–Trinajstić information content (AvgIpc) is 2.86. The van der Waals surface area contributed by atoms with E-state index in [0.29, 0.717) is 41.7 Å². The third-order valence-corrected chi connectivity index (χ3v) is 5.74. The highest BCUT2D eigenvalue weighted by Gasteiger charge is 2.61. The average molecular weight is 239 g/mol. The van der Waals surface area contributed by atoms with Crippen LogP contribution in [0.1, 0.15) is 40.5 Å². The molecule has 2 heteroatoms. The molecule has 1 nitrogen and oxygen atoms in total. The quantitative estimate of drug-likeness (QED) is 0.714. The lowest BCUT2D eigenvalue weighted by Crippen LogP contribution is -2.43. The molecule has 0 spiro atoms. The normalized spacial score (nSPS) is 49.6. The van der Waals surface area contributed by atoms with E-state index in [1.54, 1.807) is 0 Å². The Balaban J connectivity index is 1.89. The Morgan fingerprint density at radius 3 is 2.24 bits per heavy atom. The summed E-state index contributed by atoms with van der Waals surface area (Å²) in [6.07, 6.45) is 1.84. The number of hydrogen-bond acceptors (Lipinski definition) is 1. The standard InChI is InChI=1S/C15H26FN/c1-8(2)15-13-11-6-5-10(14(11)16)12(13)7-17(15)9(3)4/h8-15H,5-7H2,1-4H3. The summed E-state index contributed by atoms with van der Waals surface area (Å²) in [4.78, 5) is 2.66. The van der Waals surface area contributed by atoms with Gasteiger partial charge in [0, 0.05) is 18.6 Å². The van der Waals surface area contributed by atoms with Gasteiger partial charge >= 0.3 is 0 Å². The zero-order chi connectivity index (χ0) is 12.3. The summed E-state index contributed by atoms with van der Waals surface area (Å²) in [5.74, 6) is 2.78. The van der Waals surface area contributed by atoms with Gasteiger partial charge in [-0.05, 0) is 56.3 Å². The minimum absolute atomic E-state index is 0.390. The molecule has 1 aliphatic heterocycles. The maximum absolute atomic E-state index is 14.2. The van der Waals surface area contributed by atoms with E-state index in [4.69, 9.17) is 0 Å². The Labute approximate surface area is 105 Å². The van der Waals surface area contributed by atoms with Gasteiger partial charge < -0.3 is 0 Å². The summed E-state index contributed by atoms with van der Waals surface area (Å²) in [6, 6.07) is 1.25. The Bertz CT molecular complexity index is 301. The van der Waals surface area contributed by atoms with Crippen molar-refractivity contribution in [1.29, 1.82) is 0 Å². The number of alkyl halides is 1. The molecule has 0 N–H and O–H groups in total. The maximum Gasteiger partial charge on any atom is 0.106 e. The van der Waals surface area contributed by atoms with Crippen LogP contribution in [0.3, 0.4) is 0 Å². The molecule has 0 aromatic carbocycles. The zero-order valence-corrected chi connectivity index (χ0v) is 11.6. The summed E-state index contributed by atoms with van der Waals surface area (Å²) in [5.41, 5.74) is 0. The minimum atomic E-state index is -0.472. The molecule has 0 aromatic rings. The molecule has 2 bridgehead atoms. The van der Waals surface area contributed by atoms with Crippen LogP contribution in [0, 0.1) is 29.6 Å². The fourth-order valence-electron chi connectivity index (χ4n) is 5.21. The summed E-state index contributed by atoms with van der Waals surface area (Å²) < 4.78 is 14.2. The van der Waals surface area contributed by atoms with Crippen molar-refractivity contribution in [1.82, 2.24) is 4.90 Å². The highest BCUT2D eigenvalue weighted by atomic mass is 19.1. The minimum Gasteiger partial charge on any atom is -0.297 e. The predicted octanol–water partition coefficient (Wildman–Crippen LogP) is 3.35. The molecule has 98 valence electrons. The van der Waals surface area contributed by atoms with Gasteiger partial charge in [0.2, 0.25) is 0 Å². The van der Waals surface area contributed by atoms with Crippen molar-refractivity contribution in [2.24, 2.45) is 29.6 Å². The van der Waals surface area contributed by atoms with Gasteiger partial charge in [0.15, 0.2) is 0 Å². The molecular weight excluding hydrogens is 213 g/mol. The third kappa shape index (κ3) is 1.52. The van der Waals surface area contributed by atoms with Crippen molar-refractivity contribution in [3.05, 3.63) is 0 Å². The van der Waals surface area contributed by atoms with Gasteiger partial charge in [-0.1, -0.05) is 13.8 Å². The highest BCUT2D eigenvalue weighted by Crippen LogP contribution is 2.59. The molecule has 0 radical (unpaired) electrons. The second-order valence-electron chi connectivity index (χ2n) is 7.12. The summed E-state index contributed by atoms with van der Waals surface area (Å²) >= 11 is 0. The Morgan fingerprint density at radius 2 is 1.65 bits per heavy atom. The van der Waals surface area contributed by atoms with Crippen LogP contribution in [-0.2, 0) is 0 Å². The number of likely N-dealkylation sites (tertiary alicyclic amines) is 1. The van der Waals surface area contributed by atoms with Crippen LogP contribution in [0.4, 0.5) is 4.39 Å². The van der Waals surface area contributed by atoms with Crippen molar-refractivity contribution < 1.29 is 4.39 Å². The first-order valence-corrected chi connectivity index (χ1v) is 7.42. The van der Waals surface area contributed by atoms with Gasteiger partial charge in [-0.15, -0.1) is 0 Å². The molecule has 0 aromatic heterocycles. The van der Waals surface area contributed by atoms with Gasteiger partial charge in [0.25, 0.3) is 0 Å². The van der Waals surface area contributed by atoms with E-state index >= 15 is 0 Å². The second kappa shape index (κ2) is 3.94. The smallest absolute Gasteiger partial charge is 0.106 e. The fourth-order valence-corrected chi connectivity index (χ4v) is 5.21. The maximum atomic E-state index is 14.2. The molecule has 3 rings (SSSR count). The van der Waals surface area contributed by atoms with Crippen LogP contribution in [-0.4, -0.2) is 29.7 Å². The molecule has 3 fully saturated rings. The molecule has 1 saturated heterocycles. The van der Waals surface area contributed by atoms with Crippen LogP contribution < -0.4 is 0 Å². The van der Waals surface area contributed by atoms with E-state index in [1.165, 1.54) is 0 Å². The summed E-state index contributed by atoms with van der Waals surface area (Å²) in [7, 11) is 0. The van der Waals surface area contributed by atoms with Gasteiger partial charge in [-0.3, -0.25) is 4.90 Å². The number of nitrogens with zero attached hydrogens (tertiary/aromatic N) is 1. The van der Waals surface area contributed by atoms with Crippen molar-refractivity contribution in [2.45, 2.75) is 58.8 Å². The zero-order valence-electron chi connectivity index (χ0n) is 11.6. The Hall–Kier alpha value is -0.110. The Morgan fingerprint density at radius 1 is 1.00 bits per heavy atom. The van der Waals surface area contributed by atoms with Crippen LogP contribution >= 0.6 is 0 Å². The van der Waals surface area contributed by atoms with Crippen LogP contribution in [0.25, 0.3) is 0 Å². The van der Waals surface area contributed by atoms with E-state index in [-0.39, 0.29) is 0 Å². The second-order valence-corrected chi connectivity index (χ2v) is 7.12. The van der Waals surface area contributed by atoms with Crippen molar-refractivity contribution in [3.8, 4) is 0 Å². The lowest BCUT2D eigenvalue weighted by Gasteiger charge is -2.36. The monoisotopic (exact) mass is 239 g/mol. The SMILES string of the molecule is CC(C)C1C2C3CCC(C3F)C2CN1C(C)C. The van der Waals surface area contributed by atoms with Gasteiger partial charge in [0.1, 0.15) is 6.17 Å². The molecule has 3 aliphatic rings. The fraction of sp³-hybridized carbons (Fsp3) is 1.00. The first-order valence-electron chi connectivity index (χ1n) is 7.42. The van der Waals surface area contributed by atoms with Crippen LogP contribution in [0.5, 0.6) is 0 Å². The molecule has 2 aliphatic carbocycles.